The normalized spacial score (nSPS) is 10.0. The zero-order chi connectivity index (χ0) is 73.2. The largest absolute Gasteiger partial charge is 0.115 e. The molecule has 0 saturated carbocycles. The fourth-order valence-electron chi connectivity index (χ4n) is 15.2. The molecule has 0 amide bonds. The summed E-state index contributed by atoms with van der Waals surface area (Å²) in [5.74, 6) is 60.5. The molecule has 0 unspecified atom stereocenters. The van der Waals surface area contributed by atoms with E-state index < -0.39 is 51.4 Å². The second kappa shape index (κ2) is 31.5. The van der Waals surface area contributed by atoms with Crippen LogP contribution in [0.15, 0.2) is 6.07 Å². The molecule has 8 rings (SSSR count). The van der Waals surface area contributed by atoms with Crippen molar-refractivity contribution in [3.05, 3.63) is 112 Å². The SMILES string of the molecule is [B][B]B([B])B(B([B])[B])c1c(B(B([B])[B])B([B])[B])c(B([B][B])B([B])[B])c(C)c2c(-c3c4c(C)c(C)c(C)c(C)c4c(C)c4c(-c5c(C)c6c(C)c(C)c(C#CC)c(C#CC#C)c6c6c(C#CC#CC)c(C#CC#CC#C)c(C#CC#CC#CC)cc56)c(C)c(C)c(C)c34)c(C)c(C)c([B])c12. The highest BCUT2D eigenvalue weighted by atomic mass is 14.3. The third kappa shape index (κ3) is 13.2. The molecule has 0 aromatic heterocycles. The number of terminal acetylenes is 2. The lowest BCUT2D eigenvalue weighted by Gasteiger charge is -2.40. The standard InChI is InChI=1S/C77H54B22/c1-20-25-29-31-33-36-55-40-60-63(52(17)62-49(14)44(9)56(35-24-5)58(37-28-23-4)71(62)70(60)59(39-32-27-22-3)57(55)38-34-30-26-21-2)65-47(12)43(8)48(13)66-68(65)53(18)61-45(10)41(6)42(7)46(11)64(61)72(66)67-50(15)51(16)74(78)73-69(67)54(19)75(92(90-79)95(81)82)77(93(96(83)84)97(85)86)76(73)94(98(87)88)99(89)91-80/h2,4,40H,1,3,5-19H3. The summed E-state index contributed by atoms with van der Waals surface area (Å²) in [5.41, 5.74) is 22.2. The van der Waals surface area contributed by atoms with Crippen molar-refractivity contribution < 1.29 is 0 Å². The highest BCUT2D eigenvalue weighted by molar-refractivity contribution is 7.89. The van der Waals surface area contributed by atoms with Gasteiger partial charge in [0.15, 0.2) is 0 Å². The minimum atomic E-state index is -1.17. The molecule has 0 atom stereocenters. The second-order valence-electron chi connectivity index (χ2n) is 25.5. The van der Waals surface area contributed by atoms with Crippen LogP contribution >= 0.6 is 0 Å². The molecular weight excluding hydrogens is 1160 g/mol. The van der Waals surface area contributed by atoms with Crippen molar-refractivity contribution in [2.45, 2.75) is 118 Å². The maximum atomic E-state index is 7.78. The molecule has 0 aliphatic carbocycles. The number of rotatable bonds is 12. The molecule has 22 heteroatoms. The predicted octanol–water partition coefficient (Wildman–Crippen LogP) is 4.52. The van der Waals surface area contributed by atoms with Gasteiger partial charge < -0.3 is 0 Å². The van der Waals surface area contributed by atoms with Crippen LogP contribution in [0.1, 0.15) is 126 Å². The van der Waals surface area contributed by atoms with E-state index in [-0.39, 0.29) is 0 Å². The Morgan fingerprint density at radius 1 is 0.323 bits per heavy atom. The van der Waals surface area contributed by atoms with Crippen molar-refractivity contribution in [3.63, 3.8) is 0 Å². The summed E-state index contributed by atoms with van der Waals surface area (Å²) in [6.07, 6.45) is 6.14. The quantitative estimate of drug-likeness (QED) is 0.0732. The highest BCUT2D eigenvalue weighted by Gasteiger charge is 2.41. The van der Waals surface area contributed by atoms with Crippen LogP contribution in [0.2, 0.25) is 0 Å². The zero-order valence-corrected chi connectivity index (χ0v) is 59.9. The van der Waals surface area contributed by atoms with Gasteiger partial charge in [0.1, 0.15) is 7.85 Å². The van der Waals surface area contributed by atoms with Crippen molar-refractivity contribution >= 4 is 234 Å². The van der Waals surface area contributed by atoms with Gasteiger partial charge in [0.2, 0.25) is 0 Å². The van der Waals surface area contributed by atoms with Crippen LogP contribution in [0.3, 0.4) is 0 Å². The molecule has 0 aliphatic rings. The number of hydrogen-bond donors (Lipinski definition) is 0. The van der Waals surface area contributed by atoms with Crippen molar-refractivity contribution in [2.24, 2.45) is 0 Å². The Kier molecular flexibility index (Phi) is 24.3. The molecule has 0 bridgehead atoms. The van der Waals surface area contributed by atoms with Gasteiger partial charge in [-0.05, 0) is 327 Å². The molecule has 8 aromatic carbocycles. The summed E-state index contributed by atoms with van der Waals surface area (Å²) < 4.78 is 0. The van der Waals surface area contributed by atoms with Crippen molar-refractivity contribution in [2.75, 3.05) is 0 Å². The number of benzene rings is 8. The summed E-state index contributed by atoms with van der Waals surface area (Å²) in [5, 5.41) is 8.52. The fourth-order valence-corrected chi connectivity index (χ4v) is 15.2. The van der Waals surface area contributed by atoms with Gasteiger partial charge in [-0.25, -0.2) is 0 Å². The Bertz CT molecular complexity index is 5580. The second-order valence-corrected chi connectivity index (χ2v) is 25.5. The van der Waals surface area contributed by atoms with E-state index in [9.17, 15) is 0 Å². The van der Waals surface area contributed by atoms with E-state index in [1.807, 2.05) is 13.8 Å². The highest BCUT2D eigenvalue weighted by Crippen LogP contribution is 2.54. The molecule has 0 aliphatic heterocycles. The van der Waals surface area contributed by atoms with Crippen LogP contribution in [0.4, 0.5) is 0 Å². The summed E-state index contributed by atoms with van der Waals surface area (Å²) in [4.78, 5) is 0. The average molecular weight is 1220 g/mol. The molecule has 428 valence electrons. The van der Waals surface area contributed by atoms with E-state index >= 15 is 0 Å². The van der Waals surface area contributed by atoms with E-state index in [4.69, 9.17) is 106 Å². The van der Waals surface area contributed by atoms with Crippen molar-refractivity contribution in [3.8, 4) is 154 Å². The monoisotopic (exact) mass is 1220 g/mol. The Morgan fingerprint density at radius 3 is 1.33 bits per heavy atom. The summed E-state index contributed by atoms with van der Waals surface area (Å²) in [6.45, 7) is 32.5. The first-order valence-corrected chi connectivity index (χ1v) is 32.6. The van der Waals surface area contributed by atoms with Gasteiger partial charge in [-0.15, -0.1) is 29.7 Å². The minimum Gasteiger partial charge on any atom is -0.112 e. The average Bonchev–Trinajstić information content (AvgIpc) is 0.683. The van der Waals surface area contributed by atoms with Crippen LogP contribution in [0.25, 0.3) is 76.1 Å². The van der Waals surface area contributed by atoms with E-state index in [1.54, 1.807) is 20.8 Å². The summed E-state index contributed by atoms with van der Waals surface area (Å²) in [6, 6.07) is 2.08. The zero-order valence-electron chi connectivity index (χ0n) is 59.9. The summed E-state index contributed by atoms with van der Waals surface area (Å²) in [7, 11) is 86.4. The van der Waals surface area contributed by atoms with E-state index in [0.29, 0.717) is 60.4 Å². The van der Waals surface area contributed by atoms with Gasteiger partial charge in [-0.3, -0.25) is 0 Å². The maximum Gasteiger partial charge on any atom is 0.115 e. The lowest BCUT2D eigenvalue weighted by Crippen LogP contribution is -2.77. The van der Waals surface area contributed by atoms with Crippen molar-refractivity contribution in [1.29, 1.82) is 0 Å². The molecule has 0 fully saturated rings. The Balaban J connectivity index is 1.93. The van der Waals surface area contributed by atoms with Crippen LogP contribution in [-0.2, 0) is 0 Å². The molecule has 0 spiro atoms. The van der Waals surface area contributed by atoms with Crippen LogP contribution in [0, 0.1) is 228 Å². The lowest BCUT2D eigenvalue weighted by atomic mass is 8.66. The van der Waals surface area contributed by atoms with Gasteiger partial charge >= 0.3 is 0 Å². The molecule has 8 aromatic rings. The molecule has 26 radical (unpaired) electrons. The van der Waals surface area contributed by atoms with Crippen LogP contribution < -0.4 is 21.9 Å². The van der Waals surface area contributed by atoms with Crippen molar-refractivity contribution in [1.82, 2.24) is 0 Å². The predicted molar refractivity (Wildman–Crippen MR) is 456 cm³/mol. The third-order valence-corrected chi connectivity index (χ3v) is 20.5. The minimum absolute atomic E-state index is 0.416. The Labute approximate surface area is 612 Å². The molecule has 99 heavy (non-hydrogen) atoms. The Morgan fingerprint density at radius 2 is 0.778 bits per heavy atom. The van der Waals surface area contributed by atoms with Gasteiger partial charge in [0.05, 0.1) is 30.6 Å². The van der Waals surface area contributed by atoms with Crippen LogP contribution in [0.5, 0.6) is 0 Å². The summed E-state index contributed by atoms with van der Waals surface area (Å²) >= 11 is 0. The first-order valence-electron chi connectivity index (χ1n) is 32.6. The van der Waals surface area contributed by atoms with Gasteiger partial charge in [-0.2, -0.15) is 0 Å². The van der Waals surface area contributed by atoms with E-state index in [0.717, 1.165) is 143 Å². The molecule has 0 heterocycles. The molecule has 0 saturated heterocycles. The molecule has 0 N–H and O–H groups in total. The number of aryl methyl sites for hydroxylation is 7. The number of fused-ring (bicyclic) bond motifs is 6. The topological polar surface area (TPSA) is 0 Å². The van der Waals surface area contributed by atoms with Gasteiger partial charge in [0.25, 0.3) is 0 Å². The first-order chi connectivity index (χ1) is 47.0. The lowest BCUT2D eigenvalue weighted by molar-refractivity contribution is 1.24. The maximum absolute atomic E-state index is 7.78. The number of hydrogen-bond acceptors (Lipinski definition) is 0. The molecule has 0 nitrogen and oxygen atoms in total. The Hall–Kier alpha value is -8.35. The smallest absolute Gasteiger partial charge is 0.112 e. The van der Waals surface area contributed by atoms with E-state index in [1.165, 1.54) is 14.1 Å². The van der Waals surface area contributed by atoms with E-state index in [2.05, 4.69) is 208 Å². The third-order valence-electron chi connectivity index (χ3n) is 20.5. The fraction of sp³-hybridized carbons (Fsp3) is 0.221. The van der Waals surface area contributed by atoms with Gasteiger partial charge in [-0.1, -0.05) is 63.5 Å². The van der Waals surface area contributed by atoms with Gasteiger partial charge in [0, 0.05) is 159 Å². The van der Waals surface area contributed by atoms with Crippen LogP contribution in [-0.4, -0.2) is 158 Å². The first kappa shape index (κ1) is 76.4. The molecular formula is C77H54B22.